The molecule has 0 radical (unpaired) electrons. The van der Waals surface area contributed by atoms with Gasteiger partial charge in [-0.3, -0.25) is 4.79 Å². The summed E-state index contributed by atoms with van der Waals surface area (Å²) in [5.74, 6) is -0.364. The molecule has 5 nitrogen and oxygen atoms in total. The number of rotatable bonds is 5. The van der Waals surface area contributed by atoms with Crippen molar-refractivity contribution >= 4 is 33.9 Å². The summed E-state index contributed by atoms with van der Waals surface area (Å²) in [7, 11) is 1.34. The van der Waals surface area contributed by atoms with Crippen LogP contribution in [0.3, 0.4) is 0 Å². The molecule has 1 amide bonds. The molecule has 0 spiro atoms. The maximum atomic E-state index is 13.2. The Morgan fingerprint density at radius 2 is 1.90 bits per heavy atom. The third-order valence-corrected chi connectivity index (χ3v) is 5.78. The summed E-state index contributed by atoms with van der Waals surface area (Å²) in [6.45, 7) is 10.5. The maximum Gasteiger partial charge on any atom is 0.340 e. The minimum absolute atomic E-state index is 0.158. The zero-order valence-corrected chi connectivity index (χ0v) is 19.8. The molecular formula is C24H27BrN2O3. The fourth-order valence-corrected chi connectivity index (χ4v) is 4.30. The fourth-order valence-electron chi connectivity index (χ4n) is 3.91. The maximum absolute atomic E-state index is 13.2. The molecule has 0 bridgehead atoms. The number of allylic oxidation sites excluding steroid dienone is 1. The van der Waals surface area contributed by atoms with Gasteiger partial charge < -0.3 is 14.2 Å². The van der Waals surface area contributed by atoms with E-state index in [-0.39, 0.29) is 11.8 Å². The van der Waals surface area contributed by atoms with Crippen LogP contribution in [0.15, 0.2) is 51.6 Å². The van der Waals surface area contributed by atoms with Gasteiger partial charge in [0.05, 0.1) is 18.3 Å². The molecule has 0 saturated heterocycles. The molecular weight excluding hydrogens is 444 g/mol. The zero-order chi connectivity index (χ0) is 22.2. The average molecular weight is 471 g/mol. The van der Waals surface area contributed by atoms with Crippen LogP contribution in [-0.4, -0.2) is 35.0 Å². The molecule has 0 N–H and O–H groups in total. The summed E-state index contributed by atoms with van der Waals surface area (Å²) in [4.78, 5) is 27.4. The largest absolute Gasteiger partial charge is 0.465 e. The Labute approximate surface area is 186 Å². The minimum Gasteiger partial charge on any atom is -0.465 e. The number of aromatic nitrogens is 1. The number of hydrogen-bond donors (Lipinski definition) is 0. The van der Waals surface area contributed by atoms with Crippen LogP contribution in [0.2, 0.25) is 0 Å². The van der Waals surface area contributed by atoms with Crippen molar-refractivity contribution in [1.29, 1.82) is 0 Å². The summed E-state index contributed by atoms with van der Waals surface area (Å²) < 4.78 is 8.12. The van der Waals surface area contributed by atoms with Gasteiger partial charge in [0, 0.05) is 33.8 Å². The van der Waals surface area contributed by atoms with Crippen LogP contribution in [0.5, 0.6) is 0 Å². The highest BCUT2D eigenvalue weighted by atomic mass is 79.9. The lowest BCUT2D eigenvalue weighted by molar-refractivity contribution is -0.136. The smallest absolute Gasteiger partial charge is 0.340 e. The molecule has 1 aromatic heterocycles. The highest BCUT2D eigenvalue weighted by Gasteiger charge is 2.37. The van der Waals surface area contributed by atoms with Gasteiger partial charge in [-0.2, -0.15) is 0 Å². The first-order chi connectivity index (χ1) is 14.1. The number of carbonyl (C=O) groups excluding carboxylic acids is 2. The first-order valence-corrected chi connectivity index (χ1v) is 10.7. The number of ether oxygens (including phenoxy) is 1. The van der Waals surface area contributed by atoms with E-state index in [4.69, 9.17) is 4.74 Å². The molecule has 3 rings (SSSR count). The summed E-state index contributed by atoms with van der Waals surface area (Å²) in [6, 6.07) is 10.1. The van der Waals surface area contributed by atoms with E-state index in [0.717, 1.165) is 27.1 Å². The Morgan fingerprint density at radius 1 is 1.20 bits per heavy atom. The van der Waals surface area contributed by atoms with E-state index in [9.17, 15) is 9.59 Å². The molecule has 158 valence electrons. The summed E-state index contributed by atoms with van der Waals surface area (Å²) in [5, 5.41) is 0. The number of hydrogen-bond acceptors (Lipinski definition) is 3. The zero-order valence-electron chi connectivity index (χ0n) is 18.2. The van der Waals surface area contributed by atoms with Crippen LogP contribution in [0, 0.1) is 19.8 Å². The Bertz CT molecular complexity index is 1080. The Hall–Kier alpha value is -2.60. The predicted molar refractivity (Wildman–Crippen MR) is 122 cm³/mol. The van der Waals surface area contributed by atoms with Crippen LogP contribution in [0.25, 0.3) is 11.8 Å². The number of benzene rings is 1. The minimum atomic E-state index is -0.487. The van der Waals surface area contributed by atoms with E-state index in [0.29, 0.717) is 23.4 Å². The van der Waals surface area contributed by atoms with Gasteiger partial charge in [0.1, 0.15) is 0 Å². The van der Waals surface area contributed by atoms with Gasteiger partial charge in [-0.25, -0.2) is 4.79 Å². The van der Waals surface area contributed by atoms with Crippen molar-refractivity contribution in [3.8, 4) is 5.69 Å². The van der Waals surface area contributed by atoms with E-state index in [2.05, 4.69) is 20.5 Å². The highest BCUT2D eigenvalue weighted by Crippen LogP contribution is 2.33. The molecule has 2 aromatic rings. The van der Waals surface area contributed by atoms with E-state index >= 15 is 0 Å². The molecule has 0 fully saturated rings. The van der Waals surface area contributed by atoms with Gasteiger partial charge in [-0.15, -0.1) is 0 Å². The quantitative estimate of drug-likeness (QED) is 0.446. The van der Waals surface area contributed by atoms with Crippen molar-refractivity contribution in [3.05, 3.63) is 68.6 Å². The second-order valence-electron chi connectivity index (χ2n) is 7.96. The predicted octanol–water partition coefficient (Wildman–Crippen LogP) is 5.19. The molecule has 1 aliphatic rings. The summed E-state index contributed by atoms with van der Waals surface area (Å²) in [6.07, 6.45) is 1.81. The Morgan fingerprint density at radius 3 is 2.50 bits per heavy atom. The molecule has 30 heavy (non-hydrogen) atoms. The average Bonchev–Trinajstić information content (AvgIpc) is 3.08. The van der Waals surface area contributed by atoms with Crippen molar-refractivity contribution in [1.82, 2.24) is 9.47 Å². The van der Waals surface area contributed by atoms with E-state index in [1.165, 1.54) is 7.11 Å². The van der Waals surface area contributed by atoms with Crippen LogP contribution < -0.4 is 0 Å². The third-order valence-electron chi connectivity index (χ3n) is 5.29. The van der Waals surface area contributed by atoms with Crippen molar-refractivity contribution in [2.45, 2.75) is 34.6 Å². The SMILES string of the molecule is COC(=O)C1=C(C)N(CC(C)C)C(=O)/C1=C\c1cc(C)n(-c2cccc(Br)c2)c1C. The number of carbonyl (C=O) groups is 2. The second-order valence-corrected chi connectivity index (χ2v) is 8.88. The number of aryl methyl sites for hydroxylation is 1. The van der Waals surface area contributed by atoms with E-state index < -0.39 is 5.97 Å². The van der Waals surface area contributed by atoms with Crippen molar-refractivity contribution in [2.75, 3.05) is 13.7 Å². The molecule has 6 heteroatoms. The molecule has 0 aliphatic carbocycles. The number of halogens is 1. The van der Waals surface area contributed by atoms with E-state index in [1.54, 1.807) is 11.8 Å². The van der Waals surface area contributed by atoms with Crippen molar-refractivity contribution < 1.29 is 14.3 Å². The number of esters is 1. The lowest BCUT2D eigenvalue weighted by atomic mass is 10.0. The van der Waals surface area contributed by atoms with Gasteiger partial charge in [0.2, 0.25) is 0 Å². The number of methoxy groups -OCH3 is 1. The van der Waals surface area contributed by atoms with Gasteiger partial charge >= 0.3 is 5.97 Å². The second kappa shape index (κ2) is 8.64. The van der Waals surface area contributed by atoms with Crippen LogP contribution >= 0.6 is 15.9 Å². The van der Waals surface area contributed by atoms with Crippen LogP contribution in [0.4, 0.5) is 0 Å². The van der Waals surface area contributed by atoms with Crippen molar-refractivity contribution in [2.24, 2.45) is 5.92 Å². The lowest BCUT2D eigenvalue weighted by Crippen LogP contribution is -2.28. The van der Waals surface area contributed by atoms with E-state index in [1.807, 2.05) is 64.1 Å². The molecule has 0 atom stereocenters. The molecule has 2 heterocycles. The first-order valence-electron chi connectivity index (χ1n) is 9.93. The van der Waals surface area contributed by atoms with Crippen LogP contribution in [-0.2, 0) is 14.3 Å². The molecule has 1 aromatic carbocycles. The molecule has 0 saturated carbocycles. The highest BCUT2D eigenvalue weighted by molar-refractivity contribution is 9.10. The normalized spacial score (nSPS) is 15.7. The molecule has 1 aliphatic heterocycles. The standard InChI is InChI=1S/C24H27BrN2O3/c1-14(2)13-26-17(5)22(24(29)30-6)21(23(26)28)11-18-10-15(3)27(16(18)4)20-9-7-8-19(25)12-20/h7-12,14H,13H2,1-6H3/b21-11-. The Balaban J connectivity index is 2.12. The van der Waals surface area contributed by atoms with Gasteiger partial charge in [-0.05, 0) is 62.6 Å². The first kappa shape index (κ1) is 22.1. The Kier molecular flexibility index (Phi) is 6.36. The monoisotopic (exact) mass is 470 g/mol. The molecule has 0 unspecified atom stereocenters. The number of amides is 1. The van der Waals surface area contributed by atoms with Gasteiger partial charge in [0.25, 0.3) is 5.91 Å². The third kappa shape index (κ3) is 4.01. The van der Waals surface area contributed by atoms with Crippen LogP contribution in [0.1, 0.15) is 37.7 Å². The fraction of sp³-hybridized carbons (Fsp3) is 0.333. The summed E-state index contributed by atoms with van der Waals surface area (Å²) in [5.41, 5.74) is 5.34. The van der Waals surface area contributed by atoms with Gasteiger partial charge in [0.15, 0.2) is 0 Å². The lowest BCUT2D eigenvalue weighted by Gasteiger charge is -2.19. The number of nitrogens with zero attached hydrogens (tertiary/aromatic N) is 2. The summed E-state index contributed by atoms with van der Waals surface area (Å²) >= 11 is 3.53. The van der Waals surface area contributed by atoms with Crippen molar-refractivity contribution in [3.63, 3.8) is 0 Å². The van der Waals surface area contributed by atoms with Gasteiger partial charge in [-0.1, -0.05) is 35.8 Å². The topological polar surface area (TPSA) is 51.5 Å².